The number of aryl methyl sites for hydroxylation is 1. The molecule has 2 aromatic carbocycles. The van der Waals surface area contributed by atoms with Crippen LogP contribution in [0.1, 0.15) is 40.5 Å². The number of fused-ring (bicyclic) bond motifs is 1. The van der Waals surface area contributed by atoms with Crippen LogP contribution in [0.3, 0.4) is 0 Å². The SMILES string of the molecule is Cc1ccccc1C1c2ccsc2CCN1C(=O)CN(CC1CC1)S(=O)(=O)c1ccccc1. The van der Waals surface area contributed by atoms with Crippen molar-refractivity contribution in [2.24, 2.45) is 5.92 Å². The van der Waals surface area contributed by atoms with Crippen molar-refractivity contribution in [1.82, 2.24) is 9.21 Å². The number of carbonyl (C=O) groups is 1. The zero-order chi connectivity index (χ0) is 23.0. The Labute approximate surface area is 199 Å². The minimum Gasteiger partial charge on any atom is -0.330 e. The molecule has 0 N–H and O–H groups in total. The van der Waals surface area contributed by atoms with Gasteiger partial charge < -0.3 is 4.90 Å². The molecule has 172 valence electrons. The van der Waals surface area contributed by atoms with Crippen molar-refractivity contribution in [2.75, 3.05) is 19.6 Å². The van der Waals surface area contributed by atoms with Crippen molar-refractivity contribution in [3.05, 3.63) is 87.6 Å². The summed E-state index contributed by atoms with van der Waals surface area (Å²) in [5, 5.41) is 2.09. The van der Waals surface area contributed by atoms with E-state index < -0.39 is 10.0 Å². The fourth-order valence-electron chi connectivity index (χ4n) is 4.63. The average molecular weight is 481 g/mol. The summed E-state index contributed by atoms with van der Waals surface area (Å²) in [6, 6.07) is 18.5. The Morgan fingerprint density at radius 2 is 1.76 bits per heavy atom. The van der Waals surface area contributed by atoms with Gasteiger partial charge in [-0.2, -0.15) is 4.31 Å². The molecule has 1 atom stereocenters. The van der Waals surface area contributed by atoms with Gasteiger partial charge in [-0.15, -0.1) is 11.3 Å². The lowest BCUT2D eigenvalue weighted by atomic mass is 9.90. The van der Waals surface area contributed by atoms with Gasteiger partial charge in [0, 0.05) is 18.0 Å². The molecule has 1 aliphatic carbocycles. The second-order valence-corrected chi connectivity index (χ2v) is 11.9. The summed E-state index contributed by atoms with van der Waals surface area (Å²) in [5.74, 6) is 0.202. The first-order valence-corrected chi connectivity index (χ1v) is 13.7. The van der Waals surface area contributed by atoms with Crippen LogP contribution in [-0.2, 0) is 21.2 Å². The molecule has 1 unspecified atom stereocenters. The van der Waals surface area contributed by atoms with E-state index in [-0.39, 0.29) is 23.4 Å². The predicted octanol–water partition coefficient (Wildman–Crippen LogP) is 4.63. The van der Waals surface area contributed by atoms with E-state index in [1.54, 1.807) is 41.7 Å². The molecule has 1 fully saturated rings. The van der Waals surface area contributed by atoms with E-state index in [9.17, 15) is 13.2 Å². The van der Waals surface area contributed by atoms with Crippen molar-refractivity contribution >= 4 is 27.3 Å². The lowest BCUT2D eigenvalue weighted by Crippen LogP contribution is -2.47. The summed E-state index contributed by atoms with van der Waals surface area (Å²) >= 11 is 1.73. The second-order valence-electron chi connectivity index (χ2n) is 8.95. The van der Waals surface area contributed by atoms with Gasteiger partial charge in [0.05, 0.1) is 17.5 Å². The number of sulfonamides is 1. The number of carbonyl (C=O) groups excluding carboxylic acids is 1. The lowest BCUT2D eigenvalue weighted by molar-refractivity contribution is -0.133. The van der Waals surface area contributed by atoms with Crippen LogP contribution in [0.15, 0.2) is 70.9 Å². The summed E-state index contributed by atoms with van der Waals surface area (Å²) in [4.78, 5) is 17.2. The van der Waals surface area contributed by atoms with Crippen LogP contribution in [0.5, 0.6) is 0 Å². The number of amides is 1. The van der Waals surface area contributed by atoms with Gasteiger partial charge in [-0.1, -0.05) is 42.5 Å². The van der Waals surface area contributed by atoms with Crippen LogP contribution in [0.25, 0.3) is 0 Å². The standard InChI is InChI=1S/C26H28N2O3S2/c1-19-7-5-6-10-22(19)26-23-14-16-32-24(23)13-15-28(26)25(29)18-27(17-20-11-12-20)33(30,31)21-8-3-2-4-9-21/h2-10,14,16,20,26H,11-13,15,17-18H2,1H3. The molecule has 0 bridgehead atoms. The Kier molecular flexibility index (Phi) is 6.12. The van der Waals surface area contributed by atoms with Gasteiger partial charge in [-0.3, -0.25) is 4.79 Å². The summed E-state index contributed by atoms with van der Waals surface area (Å²) in [7, 11) is -3.74. The Balaban J connectivity index is 1.47. The summed E-state index contributed by atoms with van der Waals surface area (Å²) in [5.41, 5.74) is 3.39. The summed E-state index contributed by atoms with van der Waals surface area (Å²) in [6.07, 6.45) is 2.83. The highest BCUT2D eigenvalue weighted by molar-refractivity contribution is 7.89. The van der Waals surface area contributed by atoms with Crippen LogP contribution >= 0.6 is 11.3 Å². The van der Waals surface area contributed by atoms with Crippen molar-refractivity contribution in [3.8, 4) is 0 Å². The molecule has 2 aliphatic rings. The molecule has 0 radical (unpaired) electrons. The molecule has 1 saturated carbocycles. The van der Waals surface area contributed by atoms with E-state index in [1.807, 2.05) is 17.0 Å². The van der Waals surface area contributed by atoms with Crippen LogP contribution in [0.2, 0.25) is 0 Å². The van der Waals surface area contributed by atoms with Gasteiger partial charge in [0.2, 0.25) is 15.9 Å². The first-order valence-electron chi connectivity index (χ1n) is 11.4. The molecule has 33 heavy (non-hydrogen) atoms. The molecule has 5 nitrogen and oxygen atoms in total. The molecule has 7 heteroatoms. The number of benzene rings is 2. The van der Waals surface area contributed by atoms with E-state index in [0.717, 1.165) is 36.0 Å². The highest BCUT2D eigenvalue weighted by Crippen LogP contribution is 2.39. The first kappa shape index (κ1) is 22.3. The third-order valence-corrected chi connectivity index (χ3v) is 9.44. The molecule has 2 heterocycles. The monoisotopic (exact) mass is 480 g/mol. The van der Waals surface area contributed by atoms with Crippen LogP contribution < -0.4 is 0 Å². The number of nitrogens with zero attached hydrogens (tertiary/aromatic N) is 2. The van der Waals surface area contributed by atoms with Gasteiger partial charge in [0.1, 0.15) is 0 Å². The minimum absolute atomic E-state index is 0.129. The minimum atomic E-state index is -3.74. The number of hydrogen-bond donors (Lipinski definition) is 0. The van der Waals surface area contributed by atoms with E-state index in [1.165, 1.54) is 9.18 Å². The molecular weight excluding hydrogens is 452 g/mol. The zero-order valence-corrected chi connectivity index (χ0v) is 20.3. The normalized spacial score (nSPS) is 18.4. The molecule has 1 aromatic heterocycles. The first-order chi connectivity index (χ1) is 15.9. The van der Waals surface area contributed by atoms with E-state index in [0.29, 0.717) is 19.0 Å². The third kappa shape index (κ3) is 4.50. The smallest absolute Gasteiger partial charge is 0.243 e. The third-order valence-electron chi connectivity index (χ3n) is 6.62. The van der Waals surface area contributed by atoms with Crippen LogP contribution in [-0.4, -0.2) is 43.2 Å². The van der Waals surface area contributed by atoms with Crippen molar-refractivity contribution in [1.29, 1.82) is 0 Å². The van der Waals surface area contributed by atoms with Gasteiger partial charge in [-0.25, -0.2) is 8.42 Å². The highest BCUT2D eigenvalue weighted by atomic mass is 32.2. The number of rotatable bonds is 7. The maximum Gasteiger partial charge on any atom is 0.243 e. The molecule has 1 aliphatic heterocycles. The average Bonchev–Trinajstić information content (AvgIpc) is 3.51. The quantitative estimate of drug-likeness (QED) is 0.495. The fraction of sp³-hybridized carbons (Fsp3) is 0.346. The van der Waals surface area contributed by atoms with E-state index in [2.05, 4.69) is 30.5 Å². The Bertz CT molecular complexity index is 1250. The predicted molar refractivity (Wildman–Crippen MR) is 131 cm³/mol. The van der Waals surface area contributed by atoms with Crippen molar-refractivity contribution in [2.45, 2.75) is 37.1 Å². The maximum atomic E-state index is 13.7. The maximum absolute atomic E-state index is 13.7. The number of hydrogen-bond acceptors (Lipinski definition) is 4. The van der Waals surface area contributed by atoms with Crippen molar-refractivity contribution in [3.63, 3.8) is 0 Å². The molecule has 5 rings (SSSR count). The van der Waals surface area contributed by atoms with E-state index >= 15 is 0 Å². The Morgan fingerprint density at radius 3 is 2.48 bits per heavy atom. The van der Waals surface area contributed by atoms with Crippen LogP contribution in [0.4, 0.5) is 0 Å². The van der Waals surface area contributed by atoms with Gasteiger partial charge in [-0.05, 0) is 72.4 Å². The fourth-order valence-corrected chi connectivity index (χ4v) is 7.02. The Morgan fingerprint density at radius 1 is 1.03 bits per heavy atom. The zero-order valence-electron chi connectivity index (χ0n) is 18.7. The Hall–Kier alpha value is -2.48. The largest absolute Gasteiger partial charge is 0.330 e. The van der Waals surface area contributed by atoms with Crippen molar-refractivity contribution < 1.29 is 13.2 Å². The second kappa shape index (κ2) is 9.05. The number of thiophene rings is 1. The molecule has 1 amide bonds. The molecular formula is C26H28N2O3S2. The van der Waals surface area contributed by atoms with E-state index in [4.69, 9.17) is 0 Å². The highest BCUT2D eigenvalue weighted by Gasteiger charge is 2.38. The van der Waals surface area contributed by atoms with Gasteiger partial charge >= 0.3 is 0 Å². The molecule has 0 saturated heterocycles. The topological polar surface area (TPSA) is 57.7 Å². The van der Waals surface area contributed by atoms with Gasteiger partial charge in [0.15, 0.2) is 0 Å². The van der Waals surface area contributed by atoms with Gasteiger partial charge in [0.25, 0.3) is 0 Å². The lowest BCUT2D eigenvalue weighted by Gasteiger charge is -2.38. The molecule has 3 aromatic rings. The summed E-state index contributed by atoms with van der Waals surface area (Å²) < 4.78 is 28.3. The molecule has 0 spiro atoms. The summed E-state index contributed by atoms with van der Waals surface area (Å²) in [6.45, 7) is 2.93. The van der Waals surface area contributed by atoms with Crippen LogP contribution in [0, 0.1) is 12.8 Å².